The molecule has 5 rings (SSSR count). The summed E-state index contributed by atoms with van der Waals surface area (Å²) in [6.07, 6.45) is 1.99. The maximum Gasteiger partial charge on any atom is 0.245 e. The number of para-hydroxylation sites is 1. The minimum Gasteiger partial charge on any atom is -0.319 e. The van der Waals surface area contributed by atoms with Gasteiger partial charge in [0, 0.05) is 24.1 Å². The van der Waals surface area contributed by atoms with Crippen molar-refractivity contribution in [2.24, 2.45) is 0 Å². The molecule has 0 fully saturated rings. The number of aryl methyl sites for hydroxylation is 1. The number of aromatic nitrogens is 1. The highest BCUT2D eigenvalue weighted by Crippen LogP contribution is 2.40. The Morgan fingerprint density at radius 3 is 2.35 bits per heavy atom. The first kappa shape index (κ1) is 20.1. The molecule has 1 aliphatic heterocycles. The van der Waals surface area contributed by atoms with Gasteiger partial charge in [0.15, 0.2) is 0 Å². The highest BCUT2D eigenvalue weighted by Gasteiger charge is 2.38. The summed E-state index contributed by atoms with van der Waals surface area (Å²) in [5.74, 6) is 0. The van der Waals surface area contributed by atoms with Gasteiger partial charge in [0.25, 0.3) is 0 Å². The fourth-order valence-electron chi connectivity index (χ4n) is 4.21. The molecule has 6 heteroatoms. The Morgan fingerprint density at radius 1 is 0.871 bits per heavy atom. The molecule has 1 aliphatic rings. The number of rotatable bonds is 3. The molecule has 0 amide bonds. The van der Waals surface area contributed by atoms with Crippen LogP contribution in [0.3, 0.4) is 0 Å². The third kappa shape index (κ3) is 3.39. The van der Waals surface area contributed by atoms with Crippen LogP contribution in [-0.2, 0) is 16.6 Å². The number of halogens is 1. The summed E-state index contributed by atoms with van der Waals surface area (Å²) in [5, 5.41) is 0.220. The van der Waals surface area contributed by atoms with Crippen LogP contribution in [0.4, 0.5) is 0 Å². The van der Waals surface area contributed by atoms with E-state index >= 15 is 0 Å². The molecule has 1 atom stereocenters. The van der Waals surface area contributed by atoms with Crippen molar-refractivity contribution in [1.29, 1.82) is 0 Å². The Morgan fingerprint density at radius 2 is 1.58 bits per heavy atom. The van der Waals surface area contributed by atoms with Crippen LogP contribution in [0.1, 0.15) is 28.4 Å². The first-order valence-electron chi connectivity index (χ1n) is 10.1. The quantitative estimate of drug-likeness (QED) is 0.401. The molecule has 2 heterocycles. The second-order valence-corrected chi connectivity index (χ2v) is 9.99. The van der Waals surface area contributed by atoms with Crippen LogP contribution >= 0.6 is 11.6 Å². The fourth-order valence-corrected chi connectivity index (χ4v) is 6.27. The maximum absolute atomic E-state index is 14.0. The van der Waals surface area contributed by atoms with Gasteiger partial charge in [-0.15, -0.1) is 0 Å². The van der Waals surface area contributed by atoms with Gasteiger partial charge in [-0.25, -0.2) is 8.42 Å². The van der Waals surface area contributed by atoms with Gasteiger partial charge in [0.1, 0.15) is 4.90 Å². The first-order chi connectivity index (χ1) is 15.0. The molecule has 4 aromatic rings. The summed E-state index contributed by atoms with van der Waals surface area (Å²) < 4.78 is 31.6. The van der Waals surface area contributed by atoms with E-state index in [0.717, 1.165) is 28.1 Å². The number of benzene rings is 3. The van der Waals surface area contributed by atoms with Crippen molar-refractivity contribution in [3.63, 3.8) is 0 Å². The molecule has 1 aromatic heterocycles. The topological polar surface area (TPSA) is 42.3 Å². The van der Waals surface area contributed by atoms with Crippen molar-refractivity contribution in [3.8, 4) is 5.69 Å². The molecule has 0 radical (unpaired) electrons. The molecule has 0 saturated carbocycles. The zero-order valence-corrected chi connectivity index (χ0v) is 18.5. The highest BCUT2D eigenvalue weighted by atomic mass is 35.5. The Balaban J connectivity index is 1.79. The highest BCUT2D eigenvalue weighted by molar-refractivity contribution is 7.89. The summed E-state index contributed by atoms with van der Waals surface area (Å²) >= 11 is 6.35. The Labute approximate surface area is 187 Å². The van der Waals surface area contributed by atoms with Crippen LogP contribution in [0, 0.1) is 6.92 Å². The predicted molar refractivity (Wildman–Crippen MR) is 123 cm³/mol. The summed E-state index contributed by atoms with van der Waals surface area (Å²) in [6.45, 7) is 2.26. The lowest BCUT2D eigenvalue weighted by Gasteiger charge is -2.30. The summed E-state index contributed by atoms with van der Waals surface area (Å²) in [4.78, 5) is 0.117. The zero-order valence-electron chi connectivity index (χ0n) is 16.9. The molecular formula is C25H21ClN2O2S. The lowest BCUT2D eigenvalue weighted by atomic mass is 10.0. The van der Waals surface area contributed by atoms with Gasteiger partial charge in [0.05, 0.1) is 11.1 Å². The fraction of sp³-hybridized carbons (Fsp3) is 0.120. The molecule has 0 unspecified atom stereocenters. The molecule has 156 valence electrons. The summed E-state index contributed by atoms with van der Waals surface area (Å²) in [7, 11) is -3.90. The first-order valence-corrected chi connectivity index (χ1v) is 11.9. The predicted octanol–water partition coefficient (Wildman–Crippen LogP) is 5.73. The van der Waals surface area contributed by atoms with Gasteiger partial charge >= 0.3 is 0 Å². The van der Waals surface area contributed by atoms with E-state index in [0.29, 0.717) is 0 Å². The molecule has 31 heavy (non-hydrogen) atoms. The van der Waals surface area contributed by atoms with E-state index in [1.54, 1.807) is 28.6 Å². The second-order valence-electron chi connectivity index (χ2n) is 7.73. The van der Waals surface area contributed by atoms with Gasteiger partial charge < -0.3 is 4.57 Å². The van der Waals surface area contributed by atoms with Crippen molar-refractivity contribution in [1.82, 2.24) is 8.87 Å². The lowest BCUT2D eigenvalue weighted by Crippen LogP contribution is -2.35. The smallest absolute Gasteiger partial charge is 0.245 e. The largest absolute Gasteiger partial charge is 0.319 e. The van der Waals surface area contributed by atoms with Crippen molar-refractivity contribution in [2.75, 3.05) is 0 Å². The van der Waals surface area contributed by atoms with E-state index in [9.17, 15) is 8.42 Å². The maximum atomic E-state index is 14.0. The minimum absolute atomic E-state index is 0.117. The average Bonchev–Trinajstić information content (AvgIpc) is 3.19. The van der Waals surface area contributed by atoms with E-state index in [-0.39, 0.29) is 16.5 Å². The third-order valence-corrected chi connectivity index (χ3v) is 8.05. The number of hydrogen-bond donors (Lipinski definition) is 0. The minimum atomic E-state index is -3.90. The molecule has 0 spiro atoms. The molecule has 4 nitrogen and oxygen atoms in total. The molecular weight excluding hydrogens is 428 g/mol. The van der Waals surface area contributed by atoms with Crippen molar-refractivity contribution in [2.45, 2.75) is 24.4 Å². The molecule has 0 N–H and O–H groups in total. The van der Waals surface area contributed by atoms with E-state index < -0.39 is 16.1 Å². The lowest BCUT2D eigenvalue weighted by molar-refractivity contribution is 0.353. The van der Waals surface area contributed by atoms with E-state index in [4.69, 9.17) is 11.6 Å². The monoisotopic (exact) mass is 448 g/mol. The van der Waals surface area contributed by atoms with Crippen molar-refractivity contribution >= 4 is 21.6 Å². The van der Waals surface area contributed by atoms with E-state index in [1.165, 1.54) is 0 Å². The van der Waals surface area contributed by atoms with Crippen molar-refractivity contribution in [3.05, 3.63) is 119 Å². The Hall–Kier alpha value is -2.86. The van der Waals surface area contributed by atoms with Crippen LogP contribution < -0.4 is 0 Å². The van der Waals surface area contributed by atoms with Crippen LogP contribution in [0.15, 0.2) is 96.0 Å². The number of hydrogen-bond acceptors (Lipinski definition) is 2. The Kier molecular flexibility index (Phi) is 4.97. The zero-order chi connectivity index (χ0) is 21.6. The van der Waals surface area contributed by atoms with Crippen molar-refractivity contribution < 1.29 is 8.42 Å². The van der Waals surface area contributed by atoms with Crippen LogP contribution in [0.25, 0.3) is 5.69 Å². The summed E-state index contributed by atoms with van der Waals surface area (Å²) in [6, 6.07) is 26.0. The molecule has 0 saturated heterocycles. The third-order valence-electron chi connectivity index (χ3n) is 5.74. The number of fused-ring (bicyclic) bond motifs is 3. The normalized spacial score (nSPS) is 16.4. The van der Waals surface area contributed by atoms with Crippen LogP contribution in [-0.4, -0.2) is 17.3 Å². The standard InChI is InChI=1S/C25H21ClN2O2S/c1-18-12-14-19(15-13-18)25-23-10-6-16-27(23)22-9-4-2-7-20(22)17-28(25)31(29,30)24-11-5-3-8-21(24)26/h2-16,25H,17H2,1H3/t25-/m1/s1. The molecule has 0 bridgehead atoms. The second kappa shape index (κ2) is 7.68. The van der Waals surface area contributed by atoms with Gasteiger partial charge in [-0.05, 0) is 48.4 Å². The van der Waals surface area contributed by atoms with Gasteiger partial charge in [0.2, 0.25) is 10.0 Å². The van der Waals surface area contributed by atoms with E-state index in [2.05, 4.69) is 4.57 Å². The van der Waals surface area contributed by atoms with Gasteiger partial charge in [-0.1, -0.05) is 71.8 Å². The Bertz CT molecular complexity index is 1360. The van der Waals surface area contributed by atoms with Gasteiger partial charge in [-0.3, -0.25) is 0 Å². The van der Waals surface area contributed by atoms with Crippen LogP contribution in [0.5, 0.6) is 0 Å². The number of nitrogens with zero attached hydrogens (tertiary/aromatic N) is 2. The van der Waals surface area contributed by atoms with Gasteiger partial charge in [-0.2, -0.15) is 4.31 Å². The molecule has 3 aromatic carbocycles. The SMILES string of the molecule is Cc1ccc([C@@H]2c3cccn3-c3ccccc3CN2S(=O)(=O)c2ccccc2Cl)cc1. The average molecular weight is 449 g/mol. The van der Waals surface area contributed by atoms with Crippen LogP contribution in [0.2, 0.25) is 5.02 Å². The van der Waals surface area contributed by atoms with E-state index in [1.807, 2.05) is 73.8 Å². The molecule has 0 aliphatic carbocycles. The summed E-state index contributed by atoms with van der Waals surface area (Å²) in [5.41, 5.74) is 4.84. The number of sulfonamides is 1.